The van der Waals surface area contributed by atoms with Gasteiger partial charge in [-0.15, -0.1) is 0 Å². The van der Waals surface area contributed by atoms with Gasteiger partial charge >= 0.3 is 11.9 Å². The van der Waals surface area contributed by atoms with Crippen LogP contribution in [0.15, 0.2) is 48.5 Å². The van der Waals surface area contributed by atoms with Crippen molar-refractivity contribution >= 4 is 11.9 Å². The summed E-state index contributed by atoms with van der Waals surface area (Å²) in [5.74, 6) is -0.529. The molecule has 0 saturated heterocycles. The highest BCUT2D eigenvalue weighted by atomic mass is 16.5. The third kappa shape index (κ3) is 10.9. The molecule has 186 valence electrons. The number of carbonyl (C=O) groups is 2. The number of benzene rings is 2. The molecule has 0 spiro atoms. The molecule has 2 aromatic carbocycles. The van der Waals surface area contributed by atoms with Crippen molar-refractivity contribution in [2.75, 3.05) is 13.2 Å². The predicted octanol–water partition coefficient (Wildman–Crippen LogP) is 5.52. The van der Waals surface area contributed by atoms with Gasteiger partial charge in [0.15, 0.2) is 0 Å². The first-order chi connectivity index (χ1) is 16.6. The molecule has 6 heteroatoms. The van der Waals surface area contributed by atoms with Gasteiger partial charge in [-0.1, -0.05) is 75.6 Å². The molecule has 0 saturated carbocycles. The topological polar surface area (TPSA) is 105 Å². The van der Waals surface area contributed by atoms with E-state index in [0.29, 0.717) is 37.4 Å². The zero-order chi connectivity index (χ0) is 24.4. The van der Waals surface area contributed by atoms with E-state index in [0.717, 1.165) is 36.8 Å². The van der Waals surface area contributed by atoms with E-state index in [9.17, 15) is 9.59 Å². The smallest absolute Gasteiger partial charge is 0.338 e. The Bertz CT molecular complexity index is 763. The van der Waals surface area contributed by atoms with E-state index in [1.54, 1.807) is 24.3 Å². The Kier molecular flexibility index (Phi) is 13.6. The summed E-state index contributed by atoms with van der Waals surface area (Å²) in [5, 5.41) is 0. The molecule has 0 aliphatic heterocycles. The quantitative estimate of drug-likeness (QED) is 0.234. The number of hydrogen-bond donors (Lipinski definition) is 2. The predicted molar refractivity (Wildman–Crippen MR) is 135 cm³/mol. The number of carbonyl (C=O) groups excluding carboxylic acids is 2. The summed E-state index contributed by atoms with van der Waals surface area (Å²) in [5.41, 5.74) is 14.3. The number of rotatable bonds is 17. The van der Waals surface area contributed by atoms with Crippen molar-refractivity contribution in [2.45, 2.75) is 77.3 Å². The summed E-state index contributed by atoms with van der Waals surface area (Å²) in [6.07, 6.45) is 11.2. The van der Waals surface area contributed by atoms with Crippen LogP contribution in [0.5, 0.6) is 0 Å². The van der Waals surface area contributed by atoms with Gasteiger partial charge in [-0.05, 0) is 48.2 Å². The van der Waals surface area contributed by atoms with Crippen molar-refractivity contribution in [3.05, 3.63) is 70.8 Å². The highest BCUT2D eigenvalue weighted by Crippen LogP contribution is 2.12. The summed E-state index contributed by atoms with van der Waals surface area (Å²) in [4.78, 5) is 24.0. The summed E-state index contributed by atoms with van der Waals surface area (Å²) >= 11 is 0. The number of nitrogens with two attached hydrogens (primary N) is 2. The number of hydrogen-bond acceptors (Lipinski definition) is 6. The average Bonchev–Trinajstić information content (AvgIpc) is 2.88. The van der Waals surface area contributed by atoms with Crippen LogP contribution in [-0.4, -0.2) is 25.2 Å². The molecule has 0 radical (unpaired) electrons. The van der Waals surface area contributed by atoms with E-state index in [2.05, 4.69) is 0 Å². The SMILES string of the molecule is NCc1ccc(C(=O)OCCCCCCCCCCCCOC(=O)c2ccc(CN)cc2)cc1. The Hall–Kier alpha value is -2.70. The van der Waals surface area contributed by atoms with Crippen molar-refractivity contribution in [1.29, 1.82) is 0 Å². The second kappa shape index (κ2) is 16.8. The summed E-state index contributed by atoms with van der Waals surface area (Å²) < 4.78 is 10.7. The molecule has 6 nitrogen and oxygen atoms in total. The molecule has 0 atom stereocenters. The molecule has 0 aromatic heterocycles. The molecule has 2 rings (SSSR count). The lowest BCUT2D eigenvalue weighted by molar-refractivity contribution is 0.0488. The molecule has 2 aromatic rings. The third-order valence-electron chi connectivity index (χ3n) is 5.86. The minimum Gasteiger partial charge on any atom is -0.462 e. The van der Waals surface area contributed by atoms with Crippen LogP contribution in [0.1, 0.15) is 96.1 Å². The molecule has 0 heterocycles. The minimum atomic E-state index is -0.264. The van der Waals surface area contributed by atoms with E-state index < -0.39 is 0 Å². The van der Waals surface area contributed by atoms with Crippen LogP contribution in [0.4, 0.5) is 0 Å². The van der Waals surface area contributed by atoms with E-state index in [1.165, 1.54) is 38.5 Å². The maximum absolute atomic E-state index is 12.0. The summed E-state index contributed by atoms with van der Waals surface area (Å²) in [7, 11) is 0. The molecule has 0 fully saturated rings. The average molecular weight is 469 g/mol. The van der Waals surface area contributed by atoms with Gasteiger partial charge in [-0.2, -0.15) is 0 Å². The van der Waals surface area contributed by atoms with Crippen LogP contribution in [0.3, 0.4) is 0 Å². The fourth-order valence-electron chi connectivity index (χ4n) is 3.67. The first kappa shape index (κ1) is 27.5. The van der Waals surface area contributed by atoms with Gasteiger partial charge in [0.05, 0.1) is 24.3 Å². The van der Waals surface area contributed by atoms with Crippen LogP contribution in [0, 0.1) is 0 Å². The Balaban J connectivity index is 1.36. The molecule has 0 bridgehead atoms. The van der Waals surface area contributed by atoms with E-state index in [1.807, 2.05) is 24.3 Å². The molecule has 4 N–H and O–H groups in total. The van der Waals surface area contributed by atoms with Crippen molar-refractivity contribution in [3.8, 4) is 0 Å². The lowest BCUT2D eigenvalue weighted by atomic mass is 10.1. The van der Waals surface area contributed by atoms with Crippen LogP contribution < -0.4 is 11.5 Å². The van der Waals surface area contributed by atoms with Gasteiger partial charge < -0.3 is 20.9 Å². The molecule has 0 amide bonds. The minimum absolute atomic E-state index is 0.264. The maximum Gasteiger partial charge on any atom is 0.338 e. The van der Waals surface area contributed by atoms with Crippen molar-refractivity contribution in [3.63, 3.8) is 0 Å². The lowest BCUT2D eigenvalue weighted by Crippen LogP contribution is -2.07. The molecule has 0 aliphatic carbocycles. The molecule has 0 aliphatic rings. The second-order valence-corrected chi connectivity index (χ2v) is 8.61. The van der Waals surface area contributed by atoms with Crippen LogP contribution in [0.25, 0.3) is 0 Å². The maximum atomic E-state index is 12.0. The van der Waals surface area contributed by atoms with Gasteiger partial charge in [-0.3, -0.25) is 0 Å². The standard InChI is InChI=1S/C28H40N2O4/c29-21-23-11-15-25(16-12-23)27(31)33-19-9-7-5-3-1-2-4-6-8-10-20-34-28(32)26-17-13-24(22-30)14-18-26/h11-18H,1-10,19-22,29-30H2. The zero-order valence-corrected chi connectivity index (χ0v) is 20.3. The highest BCUT2D eigenvalue weighted by Gasteiger charge is 2.07. The Morgan fingerprint density at radius 3 is 1.09 bits per heavy atom. The van der Waals surface area contributed by atoms with Crippen LogP contribution in [0.2, 0.25) is 0 Å². The van der Waals surface area contributed by atoms with E-state index in [4.69, 9.17) is 20.9 Å². The van der Waals surface area contributed by atoms with Gasteiger partial charge in [-0.25, -0.2) is 9.59 Å². The lowest BCUT2D eigenvalue weighted by Gasteiger charge is -2.06. The molecular weight excluding hydrogens is 428 g/mol. The van der Waals surface area contributed by atoms with Crippen molar-refractivity contribution in [1.82, 2.24) is 0 Å². The number of unbranched alkanes of at least 4 members (excludes halogenated alkanes) is 9. The summed E-state index contributed by atoms with van der Waals surface area (Å²) in [6, 6.07) is 14.5. The Morgan fingerprint density at radius 1 is 0.500 bits per heavy atom. The fourth-order valence-corrected chi connectivity index (χ4v) is 3.67. The highest BCUT2D eigenvalue weighted by molar-refractivity contribution is 5.89. The van der Waals surface area contributed by atoms with Gasteiger partial charge in [0.2, 0.25) is 0 Å². The normalized spacial score (nSPS) is 10.8. The van der Waals surface area contributed by atoms with Crippen molar-refractivity contribution in [2.24, 2.45) is 11.5 Å². The van der Waals surface area contributed by atoms with Crippen LogP contribution in [-0.2, 0) is 22.6 Å². The number of ether oxygens (including phenoxy) is 2. The van der Waals surface area contributed by atoms with Gasteiger partial charge in [0.25, 0.3) is 0 Å². The van der Waals surface area contributed by atoms with Gasteiger partial charge in [0.1, 0.15) is 0 Å². The molecular formula is C28H40N2O4. The monoisotopic (exact) mass is 468 g/mol. The van der Waals surface area contributed by atoms with Gasteiger partial charge in [0, 0.05) is 13.1 Å². The first-order valence-electron chi connectivity index (χ1n) is 12.6. The Morgan fingerprint density at radius 2 is 0.794 bits per heavy atom. The third-order valence-corrected chi connectivity index (χ3v) is 5.86. The molecule has 34 heavy (non-hydrogen) atoms. The Labute approximate surface area is 204 Å². The van der Waals surface area contributed by atoms with Crippen LogP contribution >= 0.6 is 0 Å². The summed E-state index contributed by atoms with van der Waals surface area (Å²) in [6.45, 7) is 1.89. The fraction of sp³-hybridized carbons (Fsp3) is 0.500. The van der Waals surface area contributed by atoms with E-state index >= 15 is 0 Å². The van der Waals surface area contributed by atoms with E-state index in [-0.39, 0.29) is 11.9 Å². The van der Waals surface area contributed by atoms with Crippen molar-refractivity contribution < 1.29 is 19.1 Å². The first-order valence-corrected chi connectivity index (χ1v) is 12.6. The number of esters is 2. The second-order valence-electron chi connectivity index (χ2n) is 8.61. The largest absolute Gasteiger partial charge is 0.462 e. The molecule has 0 unspecified atom stereocenters. The zero-order valence-electron chi connectivity index (χ0n) is 20.3.